The van der Waals surface area contributed by atoms with E-state index in [0.29, 0.717) is 6.42 Å². The summed E-state index contributed by atoms with van der Waals surface area (Å²) in [7, 11) is 0. The fourth-order valence-electron chi connectivity index (χ4n) is 3.33. The monoisotopic (exact) mass is 395 g/mol. The fraction of sp³-hybridized carbons (Fsp3) is 0.938. The lowest BCUT2D eigenvalue weighted by Crippen LogP contribution is -2.68. The van der Waals surface area contributed by atoms with Crippen LogP contribution in [-0.2, 0) is 0 Å². The van der Waals surface area contributed by atoms with Gasteiger partial charge in [-0.25, -0.2) is 4.79 Å². The summed E-state index contributed by atoms with van der Waals surface area (Å²) in [6.07, 6.45) is 4.84. The maximum Gasteiger partial charge on any atom is 0.317 e. The number of aliphatic hydroxyl groups excluding tert-OH is 1. The quantitative estimate of drug-likeness (QED) is 0.285. The molecule has 0 aromatic heterocycles. The van der Waals surface area contributed by atoms with Gasteiger partial charge in [-0.3, -0.25) is 10.6 Å². The molecule has 1 saturated carbocycles. The van der Waals surface area contributed by atoms with Gasteiger partial charge in [-0.2, -0.15) is 0 Å². The Morgan fingerprint density at radius 1 is 1.12 bits per heavy atom. The van der Waals surface area contributed by atoms with E-state index < -0.39 is 0 Å². The molecule has 2 rings (SSSR count). The van der Waals surface area contributed by atoms with Crippen LogP contribution in [0.4, 0.5) is 4.79 Å². The van der Waals surface area contributed by atoms with E-state index in [2.05, 4.69) is 33.5 Å². The van der Waals surface area contributed by atoms with Crippen LogP contribution in [0.25, 0.3) is 0 Å². The number of rotatable bonds is 7. The summed E-state index contributed by atoms with van der Waals surface area (Å²) < 4.78 is 0. The largest absolute Gasteiger partial charge is 0.396 e. The lowest BCUT2D eigenvalue weighted by atomic mass is 9.95. The van der Waals surface area contributed by atoms with Crippen molar-refractivity contribution in [3.05, 3.63) is 0 Å². The second-order valence-electron chi connectivity index (χ2n) is 7.00. The molecule has 1 heterocycles. The van der Waals surface area contributed by atoms with Crippen molar-refractivity contribution in [2.45, 2.75) is 80.7 Å². The van der Waals surface area contributed by atoms with E-state index in [1.54, 1.807) is 0 Å². The number of alkyl halides is 2. The summed E-state index contributed by atoms with van der Waals surface area (Å²) in [5.74, 6) is 0. The van der Waals surface area contributed by atoms with Crippen LogP contribution in [-0.4, -0.2) is 59.6 Å². The van der Waals surface area contributed by atoms with Crippen LogP contribution in [0.1, 0.15) is 45.4 Å². The molecule has 0 aromatic carbocycles. The predicted octanol–water partition coefficient (Wildman–Crippen LogP) is 0.996. The number of amides is 2. The van der Waals surface area contributed by atoms with Gasteiger partial charge in [0.15, 0.2) is 0 Å². The van der Waals surface area contributed by atoms with Gasteiger partial charge in [0.25, 0.3) is 0 Å². The maximum absolute atomic E-state index is 12.3. The van der Waals surface area contributed by atoms with Crippen molar-refractivity contribution in [3.63, 3.8) is 0 Å². The molecule has 25 heavy (non-hydrogen) atoms. The molecule has 0 bridgehead atoms. The summed E-state index contributed by atoms with van der Waals surface area (Å²) >= 11 is 12.3. The van der Waals surface area contributed by atoms with Crippen LogP contribution in [0, 0.1) is 0 Å². The van der Waals surface area contributed by atoms with Crippen molar-refractivity contribution in [1.82, 2.24) is 26.6 Å². The van der Waals surface area contributed by atoms with Crippen molar-refractivity contribution in [2.75, 3.05) is 13.2 Å². The van der Waals surface area contributed by atoms with Crippen molar-refractivity contribution in [2.24, 2.45) is 0 Å². The van der Waals surface area contributed by atoms with E-state index in [0.717, 1.165) is 38.6 Å². The first-order valence-corrected chi connectivity index (χ1v) is 10.1. The molecule has 2 fully saturated rings. The Hall–Kier alpha value is -0.310. The first kappa shape index (κ1) is 21.0. The lowest BCUT2D eigenvalue weighted by molar-refractivity contribution is 0.184. The van der Waals surface area contributed by atoms with Gasteiger partial charge >= 0.3 is 6.03 Å². The number of halogens is 2. The van der Waals surface area contributed by atoms with Gasteiger partial charge < -0.3 is 21.1 Å². The average molecular weight is 396 g/mol. The summed E-state index contributed by atoms with van der Waals surface area (Å²) in [5.41, 5.74) is 0. The van der Waals surface area contributed by atoms with E-state index in [-0.39, 0.29) is 47.9 Å². The molecule has 1 aliphatic heterocycles. The number of hydrogen-bond donors (Lipinski definition) is 6. The molecule has 1 aliphatic carbocycles. The van der Waals surface area contributed by atoms with Gasteiger partial charge in [0.1, 0.15) is 6.29 Å². The molecule has 6 N–H and O–H groups in total. The minimum atomic E-state index is -0.296. The second-order valence-corrected chi connectivity index (χ2v) is 8.12. The molecule has 6 atom stereocenters. The molecule has 2 amide bonds. The molecule has 0 aromatic rings. The molecule has 146 valence electrons. The van der Waals surface area contributed by atoms with Crippen LogP contribution in [0.2, 0.25) is 0 Å². The highest BCUT2D eigenvalue weighted by molar-refractivity contribution is 6.30. The summed E-state index contributed by atoms with van der Waals surface area (Å²) in [5, 5.41) is 24.7. The number of nitrogens with one attached hydrogen (secondary N) is 5. The van der Waals surface area contributed by atoms with Gasteiger partial charge in [0.05, 0.1) is 16.9 Å². The Labute approximate surface area is 160 Å². The average Bonchev–Trinajstić information content (AvgIpc) is 2.54. The van der Waals surface area contributed by atoms with Crippen LogP contribution in [0.15, 0.2) is 0 Å². The van der Waals surface area contributed by atoms with Gasteiger partial charge in [0, 0.05) is 18.7 Å². The normalized spacial score (nSPS) is 36.0. The molecule has 2 aliphatic rings. The lowest BCUT2D eigenvalue weighted by Gasteiger charge is -2.37. The highest BCUT2D eigenvalue weighted by Crippen LogP contribution is 2.27. The summed E-state index contributed by atoms with van der Waals surface area (Å²) in [6.45, 7) is 3.15. The molecule has 0 radical (unpaired) electrons. The number of urea groups is 1. The first-order chi connectivity index (χ1) is 12.0. The number of carbonyl (C=O) groups is 1. The molecule has 1 saturated heterocycles. The van der Waals surface area contributed by atoms with E-state index in [1.807, 2.05) is 0 Å². The minimum Gasteiger partial charge on any atom is -0.396 e. The van der Waals surface area contributed by atoms with Crippen molar-refractivity contribution in [1.29, 1.82) is 0 Å². The summed E-state index contributed by atoms with van der Waals surface area (Å²) in [4.78, 5) is 12.3. The first-order valence-electron chi connectivity index (χ1n) is 9.19. The number of unbranched alkanes of at least 4 members (excludes halogenated alkanes) is 1. The second kappa shape index (κ2) is 10.7. The van der Waals surface area contributed by atoms with E-state index in [4.69, 9.17) is 28.3 Å². The smallest absolute Gasteiger partial charge is 0.317 e. The SMILES string of the molecule is CC1CC(NCCCCO)NC(NC(=O)NC2CCC(Cl)C(Cl)C2)N1. The van der Waals surface area contributed by atoms with Gasteiger partial charge in [-0.1, -0.05) is 0 Å². The predicted molar refractivity (Wildman–Crippen MR) is 101 cm³/mol. The zero-order chi connectivity index (χ0) is 18.2. The van der Waals surface area contributed by atoms with E-state index >= 15 is 0 Å². The summed E-state index contributed by atoms with van der Waals surface area (Å²) in [6, 6.07) is 0.131. The Balaban J connectivity index is 1.71. The zero-order valence-corrected chi connectivity index (χ0v) is 16.2. The topological polar surface area (TPSA) is 97.5 Å². The van der Waals surface area contributed by atoms with Gasteiger partial charge in [-0.05, 0) is 52.0 Å². The molecular weight excluding hydrogens is 365 g/mol. The Morgan fingerprint density at radius 2 is 1.92 bits per heavy atom. The molecule has 6 unspecified atom stereocenters. The number of carbonyl (C=O) groups excluding carboxylic acids is 1. The number of aliphatic hydroxyl groups is 1. The third-order valence-corrected chi connectivity index (χ3v) is 5.82. The molecule has 9 heteroatoms. The Kier molecular flexibility index (Phi) is 9.02. The third-order valence-electron chi connectivity index (χ3n) is 4.69. The maximum atomic E-state index is 12.3. The standard InChI is InChI=1S/C16H31Cl2N5O2/c1-10-8-14(19-6-2-3-7-24)22-15(20-10)23-16(25)21-11-4-5-12(17)13(18)9-11/h10-15,19-20,22,24H,2-9H2,1H3,(H2,21,23,25). The highest BCUT2D eigenvalue weighted by atomic mass is 35.5. The molecular formula is C16H31Cl2N5O2. The fourth-order valence-corrected chi connectivity index (χ4v) is 3.90. The number of hydrogen-bond acceptors (Lipinski definition) is 5. The van der Waals surface area contributed by atoms with E-state index in [9.17, 15) is 4.79 Å². The van der Waals surface area contributed by atoms with Gasteiger partial charge in [0.2, 0.25) is 0 Å². The van der Waals surface area contributed by atoms with Crippen LogP contribution in [0.3, 0.4) is 0 Å². The Morgan fingerprint density at radius 3 is 2.64 bits per heavy atom. The van der Waals surface area contributed by atoms with Crippen molar-refractivity contribution in [3.8, 4) is 0 Å². The zero-order valence-electron chi connectivity index (χ0n) is 14.7. The van der Waals surface area contributed by atoms with E-state index in [1.165, 1.54) is 0 Å². The highest BCUT2D eigenvalue weighted by Gasteiger charge is 2.30. The molecule has 7 nitrogen and oxygen atoms in total. The van der Waals surface area contributed by atoms with Crippen LogP contribution < -0.4 is 26.6 Å². The Bertz CT molecular complexity index is 418. The van der Waals surface area contributed by atoms with Crippen LogP contribution in [0.5, 0.6) is 0 Å². The van der Waals surface area contributed by atoms with Crippen molar-refractivity contribution >= 4 is 29.2 Å². The minimum absolute atomic E-state index is 0.0111. The molecule has 0 spiro atoms. The van der Waals surface area contributed by atoms with Gasteiger partial charge in [-0.15, -0.1) is 23.2 Å². The van der Waals surface area contributed by atoms with Crippen LogP contribution >= 0.6 is 23.2 Å². The van der Waals surface area contributed by atoms with Crippen molar-refractivity contribution < 1.29 is 9.90 Å². The third kappa shape index (κ3) is 7.45.